The molecule has 132 valence electrons. The van der Waals surface area contributed by atoms with Gasteiger partial charge in [-0.05, 0) is 36.4 Å². The van der Waals surface area contributed by atoms with Crippen LogP contribution in [0.25, 0.3) is 11.3 Å². The van der Waals surface area contributed by atoms with E-state index in [-0.39, 0.29) is 17.8 Å². The van der Waals surface area contributed by atoms with Gasteiger partial charge in [-0.3, -0.25) is 4.79 Å². The van der Waals surface area contributed by atoms with Crippen LogP contribution >= 0.6 is 11.6 Å². The van der Waals surface area contributed by atoms with Gasteiger partial charge in [-0.2, -0.15) is 0 Å². The summed E-state index contributed by atoms with van der Waals surface area (Å²) in [6, 6.07) is 18.1. The van der Waals surface area contributed by atoms with Gasteiger partial charge >= 0.3 is 0 Å². The molecule has 1 aliphatic rings. The van der Waals surface area contributed by atoms with Gasteiger partial charge in [-0.15, -0.1) is 0 Å². The number of carbonyl (C=O) groups is 1. The van der Waals surface area contributed by atoms with Crippen molar-refractivity contribution in [1.29, 1.82) is 0 Å². The number of ether oxygens (including phenoxy) is 2. The Morgan fingerprint density at radius 1 is 1.04 bits per heavy atom. The smallest absolute Gasteiger partial charge is 0.287 e. The molecule has 0 aliphatic carbocycles. The topological polar surface area (TPSA) is 60.7 Å². The van der Waals surface area contributed by atoms with Crippen LogP contribution in [0, 0.1) is 0 Å². The lowest BCUT2D eigenvalue weighted by molar-refractivity contribution is 0.0774. The first-order valence-electron chi connectivity index (χ1n) is 8.22. The molecular formula is C20H16ClNO4. The molecule has 0 radical (unpaired) electrons. The molecule has 2 aromatic carbocycles. The Kier molecular flexibility index (Phi) is 4.54. The molecule has 2 heterocycles. The molecule has 1 amide bonds. The van der Waals surface area contributed by atoms with Crippen LogP contribution < -0.4 is 14.8 Å². The highest BCUT2D eigenvalue weighted by atomic mass is 35.5. The maximum Gasteiger partial charge on any atom is 0.287 e. The van der Waals surface area contributed by atoms with E-state index in [4.69, 9.17) is 25.5 Å². The van der Waals surface area contributed by atoms with E-state index >= 15 is 0 Å². The lowest BCUT2D eigenvalue weighted by Gasteiger charge is -2.26. The summed E-state index contributed by atoms with van der Waals surface area (Å²) in [4.78, 5) is 12.3. The molecule has 0 fully saturated rings. The minimum Gasteiger partial charge on any atom is -0.486 e. The van der Waals surface area contributed by atoms with E-state index in [9.17, 15) is 4.79 Å². The Balaban J connectivity index is 1.38. The van der Waals surface area contributed by atoms with E-state index in [1.807, 2.05) is 42.5 Å². The normalized spacial score (nSPS) is 15.5. The molecule has 5 nitrogen and oxygen atoms in total. The van der Waals surface area contributed by atoms with Crippen LogP contribution in [-0.2, 0) is 0 Å². The summed E-state index contributed by atoms with van der Waals surface area (Å²) in [6.45, 7) is 0.690. The number of hydrogen-bond donors (Lipinski definition) is 1. The molecule has 0 bridgehead atoms. The van der Waals surface area contributed by atoms with Gasteiger partial charge in [0.05, 0.1) is 11.6 Å². The molecule has 1 aliphatic heterocycles. The zero-order valence-electron chi connectivity index (χ0n) is 13.8. The molecule has 26 heavy (non-hydrogen) atoms. The van der Waals surface area contributed by atoms with Crippen molar-refractivity contribution in [3.8, 4) is 22.8 Å². The number of amides is 1. The fourth-order valence-electron chi connectivity index (χ4n) is 2.72. The van der Waals surface area contributed by atoms with Crippen LogP contribution in [0.2, 0.25) is 5.02 Å². The molecule has 0 saturated heterocycles. The van der Waals surface area contributed by atoms with E-state index in [1.54, 1.807) is 18.2 Å². The Bertz CT molecular complexity index is 937. The number of benzene rings is 2. The van der Waals surface area contributed by atoms with Crippen molar-refractivity contribution in [3.05, 3.63) is 71.4 Å². The fourth-order valence-corrected chi connectivity index (χ4v) is 2.95. The molecular weight excluding hydrogens is 354 g/mol. The van der Waals surface area contributed by atoms with Crippen LogP contribution in [0.4, 0.5) is 0 Å². The Labute approximate surface area is 155 Å². The van der Waals surface area contributed by atoms with Crippen molar-refractivity contribution < 1.29 is 18.7 Å². The van der Waals surface area contributed by atoms with Gasteiger partial charge in [0.25, 0.3) is 5.91 Å². The van der Waals surface area contributed by atoms with Crippen LogP contribution in [0.15, 0.2) is 65.1 Å². The van der Waals surface area contributed by atoms with Gasteiger partial charge in [-0.1, -0.05) is 35.9 Å². The highest BCUT2D eigenvalue weighted by Gasteiger charge is 2.22. The number of para-hydroxylation sites is 2. The summed E-state index contributed by atoms with van der Waals surface area (Å²) in [5, 5.41) is 3.38. The summed E-state index contributed by atoms with van der Waals surface area (Å²) in [6.07, 6.45) is -0.258. The summed E-state index contributed by atoms with van der Waals surface area (Å²) in [5.74, 6) is 1.84. The number of furan rings is 1. The second kappa shape index (κ2) is 7.14. The maximum atomic E-state index is 12.3. The number of carbonyl (C=O) groups excluding carboxylic acids is 1. The van der Waals surface area contributed by atoms with Gasteiger partial charge < -0.3 is 19.2 Å². The first-order chi connectivity index (χ1) is 12.7. The molecule has 1 atom stereocenters. The highest BCUT2D eigenvalue weighted by molar-refractivity contribution is 6.33. The monoisotopic (exact) mass is 369 g/mol. The zero-order valence-corrected chi connectivity index (χ0v) is 14.5. The van der Waals surface area contributed by atoms with Gasteiger partial charge in [-0.25, -0.2) is 0 Å². The minimum atomic E-state index is -0.314. The quantitative estimate of drug-likeness (QED) is 0.749. The molecule has 3 aromatic rings. The first kappa shape index (κ1) is 16.5. The van der Waals surface area contributed by atoms with Gasteiger partial charge in [0.2, 0.25) is 0 Å². The number of fused-ring (bicyclic) bond motifs is 1. The lowest BCUT2D eigenvalue weighted by atomic mass is 10.2. The molecule has 1 N–H and O–H groups in total. The van der Waals surface area contributed by atoms with E-state index in [0.29, 0.717) is 35.4 Å². The predicted octanol–water partition coefficient (Wildman–Crippen LogP) is 4.17. The molecule has 1 unspecified atom stereocenters. The van der Waals surface area contributed by atoms with Gasteiger partial charge in [0, 0.05) is 5.56 Å². The minimum absolute atomic E-state index is 0.219. The number of hydrogen-bond acceptors (Lipinski definition) is 4. The van der Waals surface area contributed by atoms with Crippen molar-refractivity contribution in [3.63, 3.8) is 0 Å². The standard InChI is InChI=1S/C20H16ClNO4/c21-15-6-2-1-5-14(15)16-9-10-19(26-16)20(23)22-11-13-12-24-17-7-3-4-8-18(17)25-13/h1-10,13H,11-12H2,(H,22,23). The third kappa shape index (κ3) is 3.39. The maximum absolute atomic E-state index is 12.3. The predicted molar refractivity (Wildman–Crippen MR) is 97.8 cm³/mol. The molecule has 1 aromatic heterocycles. The molecule has 0 spiro atoms. The summed E-state index contributed by atoms with van der Waals surface area (Å²) >= 11 is 6.16. The fraction of sp³-hybridized carbons (Fsp3) is 0.150. The van der Waals surface area contributed by atoms with E-state index in [0.717, 1.165) is 5.56 Å². The van der Waals surface area contributed by atoms with E-state index < -0.39 is 0 Å². The average molecular weight is 370 g/mol. The Morgan fingerprint density at radius 2 is 1.81 bits per heavy atom. The summed E-state index contributed by atoms with van der Waals surface area (Å²) in [5.41, 5.74) is 0.744. The second-order valence-corrected chi connectivity index (χ2v) is 6.26. The number of halogens is 1. The summed E-state index contributed by atoms with van der Waals surface area (Å²) < 4.78 is 17.1. The lowest BCUT2D eigenvalue weighted by Crippen LogP contribution is -2.40. The van der Waals surface area contributed by atoms with Crippen molar-refractivity contribution in [2.45, 2.75) is 6.10 Å². The first-order valence-corrected chi connectivity index (χ1v) is 8.60. The zero-order chi connectivity index (χ0) is 17.9. The van der Waals surface area contributed by atoms with Crippen LogP contribution in [0.5, 0.6) is 11.5 Å². The third-order valence-corrected chi connectivity index (χ3v) is 4.36. The van der Waals surface area contributed by atoms with Crippen LogP contribution in [0.1, 0.15) is 10.6 Å². The van der Waals surface area contributed by atoms with Crippen LogP contribution in [-0.4, -0.2) is 25.2 Å². The van der Waals surface area contributed by atoms with Crippen molar-refractivity contribution in [2.24, 2.45) is 0 Å². The molecule has 4 rings (SSSR count). The number of rotatable bonds is 4. The van der Waals surface area contributed by atoms with E-state index in [1.165, 1.54) is 0 Å². The largest absolute Gasteiger partial charge is 0.486 e. The van der Waals surface area contributed by atoms with Crippen molar-refractivity contribution in [1.82, 2.24) is 5.32 Å². The van der Waals surface area contributed by atoms with Gasteiger partial charge in [0.1, 0.15) is 18.5 Å². The highest BCUT2D eigenvalue weighted by Crippen LogP contribution is 2.31. The average Bonchev–Trinajstić information content (AvgIpc) is 3.16. The van der Waals surface area contributed by atoms with E-state index in [2.05, 4.69) is 5.32 Å². The van der Waals surface area contributed by atoms with Crippen molar-refractivity contribution >= 4 is 17.5 Å². The summed E-state index contributed by atoms with van der Waals surface area (Å²) in [7, 11) is 0. The molecule has 0 saturated carbocycles. The van der Waals surface area contributed by atoms with Gasteiger partial charge in [0.15, 0.2) is 17.3 Å². The van der Waals surface area contributed by atoms with Crippen molar-refractivity contribution in [2.75, 3.05) is 13.2 Å². The second-order valence-electron chi connectivity index (χ2n) is 5.85. The SMILES string of the molecule is O=C(NCC1COc2ccccc2O1)c1ccc(-c2ccccc2Cl)o1. The molecule has 6 heteroatoms. The Hall–Kier alpha value is -2.92. The number of nitrogens with one attached hydrogen (secondary N) is 1. The Morgan fingerprint density at radius 3 is 2.65 bits per heavy atom. The third-order valence-electron chi connectivity index (χ3n) is 4.03. The van der Waals surface area contributed by atoms with Crippen LogP contribution in [0.3, 0.4) is 0 Å².